The zero-order chi connectivity index (χ0) is 12.8. The lowest BCUT2D eigenvalue weighted by atomic mass is 10.3. The Hall–Kier alpha value is -1.94. The molecule has 2 aromatic carbocycles. The molecule has 0 spiro atoms. The van der Waals surface area contributed by atoms with E-state index in [9.17, 15) is 4.79 Å². The van der Waals surface area contributed by atoms with Crippen LogP contribution in [0.15, 0.2) is 58.3 Å². The van der Waals surface area contributed by atoms with Gasteiger partial charge in [0.05, 0.1) is 7.11 Å². The highest BCUT2D eigenvalue weighted by Crippen LogP contribution is 2.29. The highest BCUT2D eigenvalue weighted by Gasteiger charge is 1.99. The van der Waals surface area contributed by atoms with Crippen molar-refractivity contribution < 1.29 is 14.3 Å². The first kappa shape index (κ1) is 12.5. The third-order valence-corrected chi connectivity index (χ3v) is 3.32. The topological polar surface area (TPSA) is 35.5 Å². The maximum atomic E-state index is 10.2. The Morgan fingerprint density at radius 2 is 1.39 bits per heavy atom. The fourth-order valence-electron chi connectivity index (χ4n) is 1.42. The van der Waals surface area contributed by atoms with E-state index in [1.54, 1.807) is 31.0 Å². The van der Waals surface area contributed by atoms with Crippen molar-refractivity contribution in [3.8, 4) is 11.5 Å². The minimum atomic E-state index is 0.422. The van der Waals surface area contributed by atoms with E-state index < -0.39 is 0 Å². The van der Waals surface area contributed by atoms with E-state index >= 15 is 0 Å². The van der Waals surface area contributed by atoms with Crippen molar-refractivity contribution in [1.82, 2.24) is 0 Å². The summed E-state index contributed by atoms with van der Waals surface area (Å²) >= 11 is 1.63. The summed E-state index contributed by atoms with van der Waals surface area (Å²) in [7, 11) is 1.65. The molecule has 0 saturated carbocycles. The van der Waals surface area contributed by atoms with Crippen LogP contribution in [0.5, 0.6) is 11.5 Å². The molecule has 92 valence electrons. The molecule has 3 nitrogen and oxygen atoms in total. The lowest BCUT2D eigenvalue weighted by Crippen LogP contribution is -1.87. The first-order valence-electron chi connectivity index (χ1n) is 5.34. The second kappa shape index (κ2) is 6.12. The molecule has 18 heavy (non-hydrogen) atoms. The Bertz CT molecular complexity index is 506. The molecule has 4 heteroatoms. The molecular weight excluding hydrogens is 248 g/mol. The second-order valence-corrected chi connectivity index (χ2v) is 4.61. The third kappa shape index (κ3) is 3.28. The predicted octanol–water partition coefficient (Wildman–Crippen LogP) is 3.38. The van der Waals surface area contributed by atoms with Crippen molar-refractivity contribution in [2.24, 2.45) is 0 Å². The largest absolute Gasteiger partial charge is 0.497 e. The molecule has 0 amide bonds. The highest BCUT2D eigenvalue weighted by atomic mass is 32.2. The Morgan fingerprint density at radius 1 is 0.889 bits per heavy atom. The van der Waals surface area contributed by atoms with Gasteiger partial charge in [-0.1, -0.05) is 11.8 Å². The standard InChI is InChI=1S/C14H12O3S/c1-16-11-2-6-13(7-3-11)18-14-8-4-12(5-9-14)17-10-15/h2-10H,1H3. The van der Waals surface area contributed by atoms with Gasteiger partial charge in [-0.2, -0.15) is 0 Å². The number of carbonyl (C=O) groups excluding carboxylic acids is 1. The van der Waals surface area contributed by atoms with Gasteiger partial charge in [-0.3, -0.25) is 4.79 Å². The fourth-order valence-corrected chi connectivity index (χ4v) is 2.24. The van der Waals surface area contributed by atoms with Gasteiger partial charge >= 0.3 is 0 Å². The van der Waals surface area contributed by atoms with Crippen molar-refractivity contribution in [2.75, 3.05) is 7.11 Å². The van der Waals surface area contributed by atoms with Crippen LogP contribution >= 0.6 is 11.8 Å². The molecule has 0 aliphatic heterocycles. The van der Waals surface area contributed by atoms with Crippen LogP contribution in [-0.2, 0) is 4.79 Å². The number of benzene rings is 2. The van der Waals surface area contributed by atoms with E-state index in [1.807, 2.05) is 36.4 Å². The zero-order valence-electron chi connectivity index (χ0n) is 9.83. The minimum absolute atomic E-state index is 0.422. The molecule has 0 aliphatic rings. The van der Waals surface area contributed by atoms with Crippen molar-refractivity contribution >= 4 is 18.2 Å². The molecule has 0 unspecified atom stereocenters. The van der Waals surface area contributed by atoms with Gasteiger partial charge in [0.15, 0.2) is 0 Å². The molecule has 0 aliphatic carbocycles. The summed E-state index contributed by atoms with van der Waals surface area (Å²) in [6, 6.07) is 15.2. The van der Waals surface area contributed by atoms with Crippen LogP contribution in [0.3, 0.4) is 0 Å². The van der Waals surface area contributed by atoms with E-state index in [0.29, 0.717) is 12.2 Å². The molecule has 2 rings (SSSR count). The first-order chi connectivity index (χ1) is 8.81. The SMILES string of the molecule is COc1ccc(Sc2ccc(OC=O)cc2)cc1. The molecule has 2 aromatic rings. The maximum Gasteiger partial charge on any atom is 0.298 e. The van der Waals surface area contributed by atoms with Crippen LogP contribution in [0, 0.1) is 0 Å². The van der Waals surface area contributed by atoms with Crippen molar-refractivity contribution in [3.63, 3.8) is 0 Å². The van der Waals surface area contributed by atoms with Crippen LogP contribution in [0.4, 0.5) is 0 Å². The lowest BCUT2D eigenvalue weighted by molar-refractivity contribution is -0.120. The summed E-state index contributed by atoms with van der Waals surface area (Å²) in [5.41, 5.74) is 0. The Labute approximate surface area is 110 Å². The Kier molecular flexibility index (Phi) is 4.25. The first-order valence-corrected chi connectivity index (χ1v) is 6.16. The summed E-state index contributed by atoms with van der Waals surface area (Å²) in [6.45, 7) is 0.422. The van der Waals surface area contributed by atoms with Gasteiger partial charge in [-0.25, -0.2) is 0 Å². The Balaban J connectivity index is 2.05. The molecule has 0 fully saturated rings. The molecule has 0 bridgehead atoms. The summed E-state index contributed by atoms with van der Waals surface area (Å²) < 4.78 is 9.84. The van der Waals surface area contributed by atoms with Gasteiger partial charge in [0.25, 0.3) is 6.47 Å². The summed E-state index contributed by atoms with van der Waals surface area (Å²) in [4.78, 5) is 12.4. The Morgan fingerprint density at radius 3 is 1.83 bits per heavy atom. The number of carbonyl (C=O) groups is 1. The van der Waals surface area contributed by atoms with Gasteiger partial charge in [-0.15, -0.1) is 0 Å². The van der Waals surface area contributed by atoms with Gasteiger partial charge in [-0.05, 0) is 48.5 Å². The molecule has 0 N–H and O–H groups in total. The number of rotatable bonds is 5. The zero-order valence-corrected chi connectivity index (χ0v) is 10.6. The van der Waals surface area contributed by atoms with E-state index in [2.05, 4.69) is 0 Å². The predicted molar refractivity (Wildman–Crippen MR) is 70.3 cm³/mol. The van der Waals surface area contributed by atoms with E-state index in [0.717, 1.165) is 15.5 Å². The van der Waals surface area contributed by atoms with Crippen LogP contribution in [-0.4, -0.2) is 13.6 Å². The van der Waals surface area contributed by atoms with Crippen LogP contribution in [0.1, 0.15) is 0 Å². The van der Waals surface area contributed by atoms with E-state index in [4.69, 9.17) is 9.47 Å². The minimum Gasteiger partial charge on any atom is -0.497 e. The normalized spacial score (nSPS) is 9.83. The van der Waals surface area contributed by atoms with Crippen LogP contribution < -0.4 is 9.47 Å². The monoisotopic (exact) mass is 260 g/mol. The number of ether oxygens (including phenoxy) is 2. The van der Waals surface area contributed by atoms with Gasteiger partial charge in [0.2, 0.25) is 0 Å². The molecular formula is C14H12O3S. The summed E-state index contributed by atoms with van der Waals surface area (Å²) in [5.74, 6) is 1.39. The van der Waals surface area contributed by atoms with E-state index in [1.165, 1.54) is 0 Å². The second-order valence-electron chi connectivity index (χ2n) is 3.46. The quantitative estimate of drug-likeness (QED) is 0.772. The van der Waals surface area contributed by atoms with Crippen molar-refractivity contribution in [1.29, 1.82) is 0 Å². The molecule has 0 heterocycles. The van der Waals surface area contributed by atoms with Crippen LogP contribution in [0.2, 0.25) is 0 Å². The molecule has 0 saturated heterocycles. The lowest BCUT2D eigenvalue weighted by Gasteiger charge is -2.04. The fraction of sp³-hybridized carbons (Fsp3) is 0.0714. The summed E-state index contributed by atoms with van der Waals surface area (Å²) in [6.07, 6.45) is 0. The molecule has 0 atom stereocenters. The van der Waals surface area contributed by atoms with E-state index in [-0.39, 0.29) is 0 Å². The highest BCUT2D eigenvalue weighted by molar-refractivity contribution is 7.99. The van der Waals surface area contributed by atoms with Gasteiger partial charge < -0.3 is 9.47 Å². The molecule has 0 radical (unpaired) electrons. The number of methoxy groups -OCH3 is 1. The number of hydrogen-bond donors (Lipinski definition) is 0. The average molecular weight is 260 g/mol. The van der Waals surface area contributed by atoms with Crippen molar-refractivity contribution in [3.05, 3.63) is 48.5 Å². The van der Waals surface area contributed by atoms with Crippen LogP contribution in [0.25, 0.3) is 0 Å². The maximum absolute atomic E-state index is 10.2. The number of hydrogen-bond acceptors (Lipinski definition) is 4. The van der Waals surface area contributed by atoms with Crippen molar-refractivity contribution in [2.45, 2.75) is 9.79 Å². The summed E-state index contributed by atoms with van der Waals surface area (Å²) in [5, 5.41) is 0. The van der Waals surface area contributed by atoms with Gasteiger partial charge in [0, 0.05) is 9.79 Å². The molecule has 0 aromatic heterocycles. The average Bonchev–Trinajstić information content (AvgIpc) is 2.42. The smallest absolute Gasteiger partial charge is 0.298 e. The third-order valence-electron chi connectivity index (χ3n) is 2.30. The van der Waals surface area contributed by atoms with Gasteiger partial charge in [0.1, 0.15) is 11.5 Å².